The van der Waals surface area contributed by atoms with Gasteiger partial charge in [0.2, 0.25) is 0 Å². The van der Waals surface area contributed by atoms with E-state index < -0.39 is 0 Å². The van der Waals surface area contributed by atoms with Crippen LogP contribution in [0.5, 0.6) is 0 Å². The molecule has 0 saturated carbocycles. The molecule has 0 amide bonds. The molecular weight excluding hydrogens is 268 g/mol. The molecule has 0 atom stereocenters. The second-order valence-electron chi connectivity index (χ2n) is 5.40. The van der Waals surface area contributed by atoms with Crippen LogP contribution in [0.25, 0.3) is 0 Å². The fourth-order valence-corrected chi connectivity index (χ4v) is 2.81. The van der Waals surface area contributed by atoms with Gasteiger partial charge in [-0.3, -0.25) is 0 Å². The second-order valence-corrected chi connectivity index (χ2v) is 5.40. The lowest BCUT2D eigenvalue weighted by molar-refractivity contribution is 0.909. The first-order valence-corrected chi connectivity index (χ1v) is 7.75. The van der Waals surface area contributed by atoms with Gasteiger partial charge in [-0.15, -0.1) is 0 Å². The van der Waals surface area contributed by atoms with Crippen LogP contribution in [0.3, 0.4) is 0 Å². The molecule has 0 aromatic heterocycles. The van der Waals surface area contributed by atoms with Crippen LogP contribution < -0.4 is 0 Å². The first-order chi connectivity index (χ1) is 10.7. The first kappa shape index (κ1) is 15.8. The van der Waals surface area contributed by atoms with E-state index in [1.807, 2.05) is 24.3 Å². The first-order valence-electron chi connectivity index (χ1n) is 7.75. The number of hydrogen-bond donors (Lipinski definition) is 0. The molecular formula is C20H20N2. The Balaban J connectivity index is 2.20. The number of nitrogens with zero attached hydrogens (tertiary/aromatic N) is 2. The Kier molecular flexibility index (Phi) is 5.34. The van der Waals surface area contributed by atoms with E-state index in [0.717, 1.165) is 36.8 Å². The Morgan fingerprint density at radius 1 is 0.682 bits per heavy atom. The summed E-state index contributed by atoms with van der Waals surface area (Å²) >= 11 is 0. The molecule has 0 N–H and O–H groups in total. The molecule has 2 nitrogen and oxygen atoms in total. The molecule has 0 bridgehead atoms. The van der Waals surface area contributed by atoms with Crippen molar-refractivity contribution in [3.63, 3.8) is 0 Å². The number of rotatable bonds is 5. The van der Waals surface area contributed by atoms with Gasteiger partial charge in [0.1, 0.15) is 0 Å². The van der Waals surface area contributed by atoms with Crippen LogP contribution in [-0.4, -0.2) is 0 Å². The Labute approximate surface area is 132 Å². The summed E-state index contributed by atoms with van der Waals surface area (Å²) in [6.45, 7) is 4.25. The van der Waals surface area contributed by atoms with Crippen molar-refractivity contribution in [2.24, 2.45) is 0 Å². The van der Waals surface area contributed by atoms with Crippen LogP contribution in [0.2, 0.25) is 0 Å². The molecule has 0 spiro atoms. The van der Waals surface area contributed by atoms with E-state index in [-0.39, 0.29) is 0 Å². The van der Waals surface area contributed by atoms with Gasteiger partial charge in [-0.2, -0.15) is 10.5 Å². The lowest BCUT2D eigenvalue weighted by Crippen LogP contribution is -2.00. The minimum absolute atomic E-state index is 0.730. The average Bonchev–Trinajstić information content (AvgIpc) is 2.59. The zero-order valence-electron chi connectivity index (χ0n) is 13.2. The Morgan fingerprint density at radius 2 is 1.09 bits per heavy atom. The number of aryl methyl sites for hydroxylation is 4. The van der Waals surface area contributed by atoms with E-state index in [1.54, 1.807) is 0 Å². The van der Waals surface area contributed by atoms with Crippen LogP contribution in [-0.2, 0) is 25.7 Å². The standard InChI is InChI=1S/C20H20N2/c1-3-17-11-15(13-21)5-7-19(17)9-10-20-8-6-16(14-22)12-18(20)4-2/h5-8,11-12H,3-4,9-10H2,1-2H3. The Hall–Kier alpha value is -2.58. The van der Waals surface area contributed by atoms with Crippen molar-refractivity contribution < 1.29 is 0 Å². The highest BCUT2D eigenvalue weighted by Crippen LogP contribution is 2.18. The van der Waals surface area contributed by atoms with E-state index in [2.05, 4.69) is 38.1 Å². The van der Waals surface area contributed by atoms with Crippen LogP contribution in [0.1, 0.15) is 47.2 Å². The summed E-state index contributed by atoms with van der Waals surface area (Å²) in [6.07, 6.45) is 3.82. The monoisotopic (exact) mass is 288 g/mol. The lowest BCUT2D eigenvalue weighted by Gasteiger charge is -2.11. The summed E-state index contributed by atoms with van der Waals surface area (Å²) in [6, 6.07) is 16.3. The van der Waals surface area contributed by atoms with E-state index in [9.17, 15) is 0 Å². The molecule has 0 aliphatic rings. The summed E-state index contributed by atoms with van der Waals surface area (Å²) in [5, 5.41) is 18.0. The smallest absolute Gasteiger partial charge is 0.0991 e. The zero-order chi connectivity index (χ0) is 15.9. The highest BCUT2D eigenvalue weighted by molar-refractivity contribution is 5.41. The van der Waals surface area contributed by atoms with Gasteiger partial charge in [0.15, 0.2) is 0 Å². The van der Waals surface area contributed by atoms with Crippen molar-refractivity contribution in [2.75, 3.05) is 0 Å². The normalized spacial score (nSPS) is 10.0. The summed E-state index contributed by atoms with van der Waals surface area (Å²) in [4.78, 5) is 0. The van der Waals surface area contributed by atoms with Gasteiger partial charge >= 0.3 is 0 Å². The molecule has 0 saturated heterocycles. The van der Waals surface area contributed by atoms with Crippen LogP contribution in [0.4, 0.5) is 0 Å². The van der Waals surface area contributed by atoms with Gasteiger partial charge in [-0.05, 0) is 72.2 Å². The van der Waals surface area contributed by atoms with Crippen molar-refractivity contribution >= 4 is 0 Å². The van der Waals surface area contributed by atoms with E-state index in [0.29, 0.717) is 0 Å². The largest absolute Gasteiger partial charge is 0.192 e. The van der Waals surface area contributed by atoms with Gasteiger partial charge < -0.3 is 0 Å². The number of nitriles is 2. The highest BCUT2D eigenvalue weighted by atomic mass is 14.2. The van der Waals surface area contributed by atoms with Gasteiger partial charge in [0, 0.05) is 0 Å². The van der Waals surface area contributed by atoms with Gasteiger partial charge in [0.05, 0.1) is 23.3 Å². The Morgan fingerprint density at radius 3 is 1.41 bits per heavy atom. The molecule has 0 aliphatic carbocycles. The SMILES string of the molecule is CCc1cc(C#N)ccc1CCc1ccc(C#N)cc1CC. The lowest BCUT2D eigenvalue weighted by atomic mass is 9.93. The molecule has 2 rings (SSSR count). The second kappa shape index (κ2) is 7.43. The van der Waals surface area contributed by atoms with E-state index in [4.69, 9.17) is 10.5 Å². The van der Waals surface area contributed by atoms with Crippen LogP contribution >= 0.6 is 0 Å². The van der Waals surface area contributed by atoms with Gasteiger partial charge in [0.25, 0.3) is 0 Å². The fourth-order valence-electron chi connectivity index (χ4n) is 2.81. The topological polar surface area (TPSA) is 47.6 Å². The molecule has 2 heteroatoms. The average molecular weight is 288 g/mol. The minimum atomic E-state index is 0.730. The third-order valence-electron chi connectivity index (χ3n) is 4.10. The maximum absolute atomic E-state index is 9.00. The van der Waals surface area contributed by atoms with E-state index in [1.165, 1.54) is 22.3 Å². The summed E-state index contributed by atoms with van der Waals surface area (Å²) in [5.41, 5.74) is 6.60. The Bertz CT molecular complexity index is 680. The zero-order valence-corrected chi connectivity index (χ0v) is 13.2. The van der Waals surface area contributed by atoms with Crippen molar-refractivity contribution in [2.45, 2.75) is 39.5 Å². The van der Waals surface area contributed by atoms with Crippen molar-refractivity contribution in [1.82, 2.24) is 0 Å². The maximum Gasteiger partial charge on any atom is 0.0991 e. The third-order valence-corrected chi connectivity index (χ3v) is 4.10. The summed E-state index contributed by atoms with van der Waals surface area (Å²) < 4.78 is 0. The molecule has 2 aromatic rings. The van der Waals surface area contributed by atoms with Crippen molar-refractivity contribution in [3.05, 3.63) is 69.8 Å². The number of benzene rings is 2. The molecule has 0 heterocycles. The number of hydrogen-bond acceptors (Lipinski definition) is 2. The predicted octanol–water partition coefficient (Wildman–Crippen LogP) is 4.34. The molecule has 2 aromatic carbocycles. The highest BCUT2D eigenvalue weighted by Gasteiger charge is 2.06. The van der Waals surface area contributed by atoms with Gasteiger partial charge in [-0.25, -0.2) is 0 Å². The van der Waals surface area contributed by atoms with Crippen LogP contribution in [0, 0.1) is 22.7 Å². The minimum Gasteiger partial charge on any atom is -0.192 e. The molecule has 0 radical (unpaired) electrons. The predicted molar refractivity (Wildman–Crippen MR) is 88.5 cm³/mol. The van der Waals surface area contributed by atoms with Gasteiger partial charge in [-0.1, -0.05) is 26.0 Å². The molecule has 0 unspecified atom stereocenters. The van der Waals surface area contributed by atoms with Crippen LogP contribution in [0.15, 0.2) is 36.4 Å². The van der Waals surface area contributed by atoms with Crippen molar-refractivity contribution in [1.29, 1.82) is 10.5 Å². The van der Waals surface area contributed by atoms with Crippen molar-refractivity contribution in [3.8, 4) is 12.1 Å². The molecule has 0 aliphatic heterocycles. The molecule has 22 heavy (non-hydrogen) atoms. The third kappa shape index (κ3) is 3.54. The fraction of sp³-hybridized carbons (Fsp3) is 0.300. The summed E-state index contributed by atoms with van der Waals surface area (Å²) in [7, 11) is 0. The maximum atomic E-state index is 9.00. The summed E-state index contributed by atoms with van der Waals surface area (Å²) in [5.74, 6) is 0. The van der Waals surface area contributed by atoms with E-state index >= 15 is 0 Å². The molecule has 0 fully saturated rings. The molecule has 110 valence electrons. The quantitative estimate of drug-likeness (QED) is 0.821.